The molecule has 0 amide bonds. The van der Waals surface area contributed by atoms with Gasteiger partial charge in [0.2, 0.25) is 0 Å². The molecule has 1 aromatic heterocycles. The van der Waals surface area contributed by atoms with Gasteiger partial charge in [0.15, 0.2) is 0 Å². The molecule has 22 heavy (non-hydrogen) atoms. The largest absolute Gasteiger partial charge is 0.315 e. The molecule has 1 aliphatic rings. The van der Waals surface area contributed by atoms with Crippen LogP contribution < -0.4 is 0 Å². The van der Waals surface area contributed by atoms with Gasteiger partial charge < -0.3 is 4.57 Å². The maximum absolute atomic E-state index is 4.84. The molecule has 2 nitrogen and oxygen atoms in total. The minimum Gasteiger partial charge on any atom is -0.315 e. The normalized spacial score (nSPS) is 16.5. The van der Waals surface area contributed by atoms with E-state index < -0.39 is 0 Å². The first-order valence-electron chi connectivity index (χ1n) is 8.44. The highest BCUT2D eigenvalue weighted by Gasteiger charge is 2.12. The SMILES string of the molecule is Cc1cc(C)c(-n2cccc2C=NC2CCCCC2)c(C)c1. The van der Waals surface area contributed by atoms with Crippen molar-refractivity contribution >= 4 is 6.21 Å². The zero-order valence-corrected chi connectivity index (χ0v) is 14.0. The number of aryl methyl sites for hydroxylation is 3. The molecule has 1 heterocycles. The lowest BCUT2D eigenvalue weighted by atomic mass is 9.96. The second kappa shape index (κ2) is 6.51. The minimum absolute atomic E-state index is 0.525. The summed E-state index contributed by atoms with van der Waals surface area (Å²) < 4.78 is 2.27. The molecular weight excluding hydrogens is 268 g/mol. The zero-order chi connectivity index (χ0) is 15.5. The zero-order valence-electron chi connectivity index (χ0n) is 14.0. The predicted molar refractivity (Wildman–Crippen MR) is 94.4 cm³/mol. The summed E-state index contributed by atoms with van der Waals surface area (Å²) in [7, 11) is 0. The quantitative estimate of drug-likeness (QED) is 0.696. The molecule has 0 saturated heterocycles. The van der Waals surface area contributed by atoms with Crippen LogP contribution in [-0.2, 0) is 0 Å². The molecular formula is C20H26N2. The van der Waals surface area contributed by atoms with E-state index in [9.17, 15) is 0 Å². The van der Waals surface area contributed by atoms with Crippen LogP contribution >= 0.6 is 0 Å². The van der Waals surface area contributed by atoms with Gasteiger partial charge in [-0.2, -0.15) is 0 Å². The molecule has 0 spiro atoms. The van der Waals surface area contributed by atoms with Gasteiger partial charge in [-0.3, -0.25) is 4.99 Å². The average Bonchev–Trinajstić information content (AvgIpc) is 2.93. The molecule has 0 bridgehead atoms. The molecule has 1 fully saturated rings. The van der Waals surface area contributed by atoms with Gasteiger partial charge in [0.25, 0.3) is 0 Å². The Labute approximate surface area is 133 Å². The summed E-state index contributed by atoms with van der Waals surface area (Å²) in [6, 6.07) is 9.30. The van der Waals surface area contributed by atoms with Gasteiger partial charge in [-0.25, -0.2) is 0 Å². The minimum atomic E-state index is 0.525. The lowest BCUT2D eigenvalue weighted by molar-refractivity contribution is 0.444. The Morgan fingerprint density at radius 1 is 1.05 bits per heavy atom. The van der Waals surface area contributed by atoms with Crippen LogP contribution in [0.2, 0.25) is 0 Å². The molecule has 1 saturated carbocycles. The highest BCUT2D eigenvalue weighted by Crippen LogP contribution is 2.23. The van der Waals surface area contributed by atoms with Crippen LogP contribution in [0, 0.1) is 20.8 Å². The Morgan fingerprint density at radius 3 is 2.41 bits per heavy atom. The lowest BCUT2D eigenvalue weighted by Crippen LogP contribution is -2.10. The molecule has 2 heteroatoms. The van der Waals surface area contributed by atoms with Crippen molar-refractivity contribution in [1.29, 1.82) is 0 Å². The van der Waals surface area contributed by atoms with E-state index in [-0.39, 0.29) is 0 Å². The smallest absolute Gasteiger partial charge is 0.0634 e. The Morgan fingerprint density at radius 2 is 1.73 bits per heavy atom. The fraction of sp³-hybridized carbons (Fsp3) is 0.450. The highest BCUT2D eigenvalue weighted by atomic mass is 15.0. The number of rotatable bonds is 3. The second-order valence-corrected chi connectivity index (χ2v) is 6.62. The van der Waals surface area contributed by atoms with Gasteiger partial charge in [-0.15, -0.1) is 0 Å². The topological polar surface area (TPSA) is 17.3 Å². The molecule has 3 rings (SSSR count). The van der Waals surface area contributed by atoms with Crippen LogP contribution in [0.5, 0.6) is 0 Å². The Hall–Kier alpha value is -1.83. The van der Waals surface area contributed by atoms with E-state index in [2.05, 4.69) is 62.0 Å². The summed E-state index contributed by atoms with van der Waals surface area (Å²) >= 11 is 0. The van der Waals surface area contributed by atoms with Crippen molar-refractivity contribution in [3.8, 4) is 5.69 Å². The highest BCUT2D eigenvalue weighted by molar-refractivity contribution is 5.79. The van der Waals surface area contributed by atoms with E-state index in [4.69, 9.17) is 4.99 Å². The summed E-state index contributed by atoms with van der Waals surface area (Å²) in [5.74, 6) is 0. The second-order valence-electron chi connectivity index (χ2n) is 6.62. The maximum atomic E-state index is 4.84. The first-order chi connectivity index (χ1) is 10.6. The first kappa shape index (κ1) is 15.1. The number of hydrogen-bond donors (Lipinski definition) is 0. The number of benzene rings is 1. The van der Waals surface area contributed by atoms with Crippen molar-refractivity contribution in [2.24, 2.45) is 4.99 Å². The summed E-state index contributed by atoms with van der Waals surface area (Å²) in [6.07, 6.45) is 10.8. The van der Waals surface area contributed by atoms with Gasteiger partial charge in [-0.05, 0) is 56.9 Å². The van der Waals surface area contributed by atoms with Crippen molar-refractivity contribution in [3.05, 3.63) is 52.8 Å². The molecule has 116 valence electrons. The number of aromatic nitrogens is 1. The number of nitrogens with zero attached hydrogens (tertiary/aromatic N) is 2. The average molecular weight is 294 g/mol. The van der Waals surface area contributed by atoms with Crippen molar-refractivity contribution in [3.63, 3.8) is 0 Å². The van der Waals surface area contributed by atoms with Crippen molar-refractivity contribution in [2.45, 2.75) is 58.9 Å². The van der Waals surface area contributed by atoms with E-state index in [1.165, 1.54) is 60.2 Å². The van der Waals surface area contributed by atoms with Crippen LogP contribution in [0.15, 0.2) is 35.5 Å². The van der Waals surface area contributed by atoms with E-state index in [0.717, 1.165) is 0 Å². The molecule has 0 aliphatic heterocycles. The molecule has 0 radical (unpaired) electrons. The Kier molecular flexibility index (Phi) is 4.47. The van der Waals surface area contributed by atoms with Crippen molar-refractivity contribution < 1.29 is 0 Å². The summed E-state index contributed by atoms with van der Waals surface area (Å²) in [6.45, 7) is 6.54. The monoisotopic (exact) mass is 294 g/mol. The van der Waals surface area contributed by atoms with Crippen LogP contribution in [0.25, 0.3) is 5.69 Å². The lowest BCUT2D eigenvalue weighted by Gasteiger charge is -2.18. The molecule has 2 aromatic rings. The molecule has 1 aromatic carbocycles. The predicted octanol–water partition coefficient (Wildman–Crippen LogP) is 5.15. The molecule has 0 atom stereocenters. The molecule has 0 N–H and O–H groups in total. The van der Waals surface area contributed by atoms with Gasteiger partial charge in [0, 0.05) is 12.4 Å². The van der Waals surface area contributed by atoms with Gasteiger partial charge >= 0.3 is 0 Å². The maximum Gasteiger partial charge on any atom is 0.0634 e. The Balaban J connectivity index is 1.91. The first-order valence-corrected chi connectivity index (χ1v) is 8.44. The fourth-order valence-corrected chi connectivity index (χ4v) is 3.67. The van der Waals surface area contributed by atoms with Crippen LogP contribution in [0.1, 0.15) is 54.5 Å². The third-order valence-electron chi connectivity index (χ3n) is 4.65. The van der Waals surface area contributed by atoms with E-state index >= 15 is 0 Å². The Bertz CT molecular complexity index is 650. The molecule has 0 unspecified atom stereocenters. The summed E-state index contributed by atoms with van der Waals surface area (Å²) in [5.41, 5.74) is 6.44. The third-order valence-corrected chi connectivity index (χ3v) is 4.65. The molecule has 1 aliphatic carbocycles. The van der Waals surface area contributed by atoms with Crippen molar-refractivity contribution in [1.82, 2.24) is 4.57 Å². The van der Waals surface area contributed by atoms with Crippen LogP contribution in [-0.4, -0.2) is 16.8 Å². The van der Waals surface area contributed by atoms with Gasteiger partial charge in [0.05, 0.1) is 17.4 Å². The summed E-state index contributed by atoms with van der Waals surface area (Å²) in [4.78, 5) is 4.84. The number of aliphatic imine (C=N–C) groups is 1. The fourth-order valence-electron chi connectivity index (χ4n) is 3.67. The van der Waals surface area contributed by atoms with E-state index in [0.29, 0.717) is 6.04 Å². The van der Waals surface area contributed by atoms with Crippen molar-refractivity contribution in [2.75, 3.05) is 0 Å². The summed E-state index contributed by atoms with van der Waals surface area (Å²) in [5, 5.41) is 0. The van der Waals surface area contributed by atoms with E-state index in [1.54, 1.807) is 0 Å². The van der Waals surface area contributed by atoms with Gasteiger partial charge in [-0.1, -0.05) is 37.0 Å². The van der Waals surface area contributed by atoms with Crippen LogP contribution in [0.4, 0.5) is 0 Å². The standard InChI is InChI=1S/C20H26N2/c1-15-12-16(2)20(17(3)13-15)22-11-7-10-19(22)14-21-18-8-5-4-6-9-18/h7,10-14,18H,4-6,8-9H2,1-3H3. The number of hydrogen-bond acceptors (Lipinski definition) is 1. The van der Waals surface area contributed by atoms with E-state index in [1.807, 2.05) is 0 Å². The van der Waals surface area contributed by atoms with Gasteiger partial charge in [0.1, 0.15) is 0 Å². The van der Waals surface area contributed by atoms with Crippen LogP contribution in [0.3, 0.4) is 0 Å². The third kappa shape index (κ3) is 3.16.